The number of halogens is 4. The predicted molar refractivity (Wildman–Crippen MR) is 188 cm³/mol. The molecule has 1 aliphatic rings. The molecular weight excluding hydrogens is 741 g/mol. The van der Waals surface area contributed by atoms with Crippen molar-refractivity contribution < 1.29 is 4.92 Å². The van der Waals surface area contributed by atoms with Crippen molar-refractivity contribution in [1.29, 1.82) is 0 Å². The van der Waals surface area contributed by atoms with Crippen molar-refractivity contribution in [1.82, 2.24) is 9.78 Å². The van der Waals surface area contributed by atoms with Crippen LogP contribution in [0, 0.1) is 10.1 Å². The Morgan fingerprint density at radius 1 is 0.800 bits per heavy atom. The maximum absolute atomic E-state index is 10.6. The summed E-state index contributed by atoms with van der Waals surface area (Å²) in [7, 11) is 0. The molecule has 2 heterocycles. The number of benzene rings is 5. The minimum Gasteiger partial charge on any atom is -0.398 e. The molecule has 0 saturated carbocycles. The van der Waals surface area contributed by atoms with Crippen LogP contribution in [-0.4, -0.2) is 19.9 Å². The molecule has 1 aliphatic heterocycles. The molecule has 0 aliphatic carbocycles. The van der Waals surface area contributed by atoms with Crippen LogP contribution in [0.25, 0.3) is 10.9 Å². The van der Waals surface area contributed by atoms with Gasteiger partial charge in [-0.05, 0) is 72.3 Å². The van der Waals surface area contributed by atoms with E-state index in [1.807, 2.05) is 71.4 Å². The molecule has 0 radical (unpaired) electrons. The quantitative estimate of drug-likeness (QED) is 0.0818. The number of nitrogen functional groups attached to an aromatic ring is 1. The monoisotopic (exact) mass is 761 g/mol. The Balaban J connectivity index is 0.000000213. The number of hydrogen-bond donors (Lipinski definition) is 1. The number of hydrogen-bond acceptors (Lipinski definition) is 5. The summed E-state index contributed by atoms with van der Waals surface area (Å²) in [5.41, 5.74) is 11.9. The number of nitrogens with zero attached hydrogens (tertiary/aromatic N) is 4. The van der Waals surface area contributed by atoms with Crippen molar-refractivity contribution in [2.75, 3.05) is 5.73 Å². The van der Waals surface area contributed by atoms with Gasteiger partial charge < -0.3 is 5.73 Å². The summed E-state index contributed by atoms with van der Waals surface area (Å²) >= 11 is 19.1. The number of aliphatic imine (C=N–C) groups is 1. The van der Waals surface area contributed by atoms with E-state index in [2.05, 4.69) is 73.3 Å². The zero-order chi connectivity index (χ0) is 31.7. The summed E-state index contributed by atoms with van der Waals surface area (Å²) in [5.74, 6) is 0. The SMILES string of the molecule is Nc1cc2c(cc1Br)c(Cl)nn2C(c1ccccc1)(c1ccccc1)c1ccccc1.O=[N+]([O-])c1cc2c(cc1Br)C(Cl)=NC2. The number of nitrogens with two attached hydrogens (primary N) is 1. The second-order valence-corrected chi connectivity index (χ2v) is 12.7. The number of nitro groups is 1. The van der Waals surface area contributed by atoms with E-state index < -0.39 is 10.5 Å². The molecule has 7 rings (SSSR count). The summed E-state index contributed by atoms with van der Waals surface area (Å²) in [6, 6.07) is 38.1. The summed E-state index contributed by atoms with van der Waals surface area (Å²) in [6.45, 7) is 0.419. The Kier molecular flexibility index (Phi) is 8.79. The van der Waals surface area contributed by atoms with E-state index in [0.29, 0.717) is 27.0 Å². The first-order valence-electron chi connectivity index (χ1n) is 13.7. The van der Waals surface area contributed by atoms with Gasteiger partial charge in [-0.15, -0.1) is 0 Å². The van der Waals surface area contributed by atoms with Gasteiger partial charge >= 0.3 is 0 Å². The third kappa shape index (κ3) is 5.66. The molecular formula is C34H23Br2Cl2N5O2. The van der Waals surface area contributed by atoms with Gasteiger partial charge in [-0.1, -0.05) is 114 Å². The predicted octanol–water partition coefficient (Wildman–Crippen LogP) is 9.73. The average molecular weight is 764 g/mol. The first kappa shape index (κ1) is 31.0. The number of nitro benzene ring substituents is 1. The Morgan fingerprint density at radius 2 is 1.33 bits per heavy atom. The normalized spacial score (nSPS) is 12.3. The lowest BCUT2D eigenvalue weighted by atomic mass is 9.77. The zero-order valence-corrected chi connectivity index (χ0v) is 28.1. The second kappa shape index (κ2) is 12.8. The molecule has 0 unspecified atom stereocenters. The molecule has 0 amide bonds. The van der Waals surface area contributed by atoms with Crippen molar-refractivity contribution in [2.45, 2.75) is 12.1 Å². The Bertz CT molecular complexity index is 1980. The van der Waals surface area contributed by atoms with Crippen LogP contribution in [0.3, 0.4) is 0 Å². The van der Waals surface area contributed by atoms with Gasteiger partial charge in [0.05, 0.1) is 21.5 Å². The topological polar surface area (TPSA) is 99.3 Å². The molecule has 5 aromatic carbocycles. The van der Waals surface area contributed by atoms with Gasteiger partial charge in [0.2, 0.25) is 0 Å². The highest BCUT2D eigenvalue weighted by Crippen LogP contribution is 2.44. The van der Waals surface area contributed by atoms with Crippen LogP contribution in [0.2, 0.25) is 5.15 Å². The Labute approximate surface area is 285 Å². The average Bonchev–Trinajstić information content (AvgIpc) is 3.57. The van der Waals surface area contributed by atoms with Crippen molar-refractivity contribution in [3.63, 3.8) is 0 Å². The van der Waals surface area contributed by atoms with Gasteiger partial charge in [-0.2, -0.15) is 5.10 Å². The van der Waals surface area contributed by atoms with Gasteiger partial charge in [0.15, 0.2) is 5.15 Å². The lowest BCUT2D eigenvalue weighted by molar-refractivity contribution is -0.385. The molecule has 0 atom stereocenters. The zero-order valence-electron chi connectivity index (χ0n) is 23.4. The van der Waals surface area contributed by atoms with Crippen LogP contribution in [0.15, 0.2) is 129 Å². The van der Waals surface area contributed by atoms with Crippen molar-refractivity contribution in [3.8, 4) is 0 Å². The van der Waals surface area contributed by atoms with Gasteiger partial charge in [-0.3, -0.25) is 15.1 Å². The number of rotatable bonds is 5. The highest BCUT2D eigenvalue weighted by molar-refractivity contribution is 9.11. The third-order valence-corrected chi connectivity index (χ3v) is 9.55. The highest BCUT2D eigenvalue weighted by Gasteiger charge is 2.41. The maximum Gasteiger partial charge on any atom is 0.283 e. The summed E-state index contributed by atoms with van der Waals surface area (Å²) in [5, 5.41) is 17.2. The minimum atomic E-state index is -0.741. The van der Waals surface area contributed by atoms with E-state index in [-0.39, 0.29) is 5.69 Å². The second-order valence-electron chi connectivity index (χ2n) is 10.2. The van der Waals surface area contributed by atoms with E-state index in [1.54, 1.807) is 6.07 Å². The summed E-state index contributed by atoms with van der Waals surface area (Å²) in [6.07, 6.45) is 0. The number of anilines is 1. The Morgan fingerprint density at radius 3 is 1.84 bits per heavy atom. The van der Waals surface area contributed by atoms with Crippen LogP contribution in [0.4, 0.5) is 11.4 Å². The van der Waals surface area contributed by atoms with E-state index in [9.17, 15) is 10.1 Å². The first-order chi connectivity index (χ1) is 21.7. The van der Waals surface area contributed by atoms with E-state index in [1.165, 1.54) is 6.07 Å². The number of fused-ring (bicyclic) bond motifs is 2. The molecule has 2 N–H and O–H groups in total. The molecule has 45 heavy (non-hydrogen) atoms. The third-order valence-electron chi connectivity index (χ3n) is 7.63. The van der Waals surface area contributed by atoms with Crippen LogP contribution in [-0.2, 0) is 12.1 Å². The highest BCUT2D eigenvalue weighted by atomic mass is 79.9. The van der Waals surface area contributed by atoms with E-state index >= 15 is 0 Å². The van der Waals surface area contributed by atoms with Crippen molar-refractivity contribution in [3.05, 3.63) is 167 Å². The fourth-order valence-electron chi connectivity index (χ4n) is 5.58. The molecule has 7 nitrogen and oxygen atoms in total. The lowest BCUT2D eigenvalue weighted by Gasteiger charge is -2.37. The van der Waals surface area contributed by atoms with Gasteiger partial charge in [0, 0.05) is 27.2 Å². The Hall–Kier alpha value is -4.02. The smallest absolute Gasteiger partial charge is 0.283 e. The van der Waals surface area contributed by atoms with E-state index in [0.717, 1.165) is 43.2 Å². The van der Waals surface area contributed by atoms with Gasteiger partial charge in [0.25, 0.3) is 5.69 Å². The molecule has 0 spiro atoms. The molecule has 0 bridgehead atoms. The molecule has 0 saturated heterocycles. The minimum absolute atomic E-state index is 0.0466. The fourth-order valence-corrected chi connectivity index (χ4v) is 6.88. The molecule has 6 aromatic rings. The summed E-state index contributed by atoms with van der Waals surface area (Å²) in [4.78, 5) is 14.2. The van der Waals surface area contributed by atoms with Crippen molar-refractivity contribution in [2.24, 2.45) is 4.99 Å². The van der Waals surface area contributed by atoms with Crippen LogP contribution >= 0.6 is 55.1 Å². The van der Waals surface area contributed by atoms with Gasteiger partial charge in [-0.25, -0.2) is 4.68 Å². The molecule has 224 valence electrons. The maximum atomic E-state index is 10.6. The largest absolute Gasteiger partial charge is 0.398 e. The van der Waals surface area contributed by atoms with Crippen molar-refractivity contribution >= 4 is 82.5 Å². The van der Waals surface area contributed by atoms with Crippen LogP contribution in [0.5, 0.6) is 0 Å². The molecule has 1 aromatic heterocycles. The van der Waals surface area contributed by atoms with Gasteiger partial charge in [0.1, 0.15) is 10.7 Å². The molecule has 11 heteroatoms. The lowest BCUT2D eigenvalue weighted by Crippen LogP contribution is -2.38. The van der Waals surface area contributed by atoms with Crippen LogP contribution in [0.1, 0.15) is 27.8 Å². The number of aromatic nitrogens is 2. The first-order valence-corrected chi connectivity index (χ1v) is 16.0. The van der Waals surface area contributed by atoms with E-state index in [4.69, 9.17) is 34.0 Å². The van der Waals surface area contributed by atoms with Crippen LogP contribution < -0.4 is 5.73 Å². The fraction of sp³-hybridized carbons (Fsp3) is 0.0588. The summed E-state index contributed by atoms with van der Waals surface area (Å²) < 4.78 is 3.23. The standard InChI is InChI=1S/C26H19BrClN3.C8H4BrClN2O2/c27-22-16-21-24(17-23(22)29)31(30-25(21)28)26(18-10-4-1-5-11-18,19-12-6-2-7-13-19)20-14-8-3-9-15-20;9-6-2-5-4(3-11-8(5)10)1-7(6)12(13)14/h1-17H,29H2;1-2H,3H2. The molecule has 0 fully saturated rings.